The van der Waals surface area contributed by atoms with Crippen LogP contribution in [0.4, 0.5) is 0 Å². The summed E-state index contributed by atoms with van der Waals surface area (Å²) in [6.45, 7) is 1.06. The smallest absolute Gasteiger partial charge is 0.0208 e. The van der Waals surface area contributed by atoms with Gasteiger partial charge in [0.2, 0.25) is 0 Å². The van der Waals surface area contributed by atoms with E-state index in [2.05, 4.69) is 35.6 Å². The fourth-order valence-corrected chi connectivity index (χ4v) is 5.03. The van der Waals surface area contributed by atoms with Crippen LogP contribution in [0.25, 0.3) is 0 Å². The summed E-state index contributed by atoms with van der Waals surface area (Å²) in [4.78, 5) is 0. The molecule has 3 aliphatic carbocycles. The van der Waals surface area contributed by atoms with Crippen molar-refractivity contribution in [1.29, 1.82) is 0 Å². The van der Waals surface area contributed by atoms with Crippen LogP contribution in [0.2, 0.25) is 0 Å². The van der Waals surface area contributed by atoms with E-state index in [0.29, 0.717) is 0 Å². The zero-order valence-electron chi connectivity index (χ0n) is 11.0. The van der Waals surface area contributed by atoms with Gasteiger partial charge in [0.15, 0.2) is 0 Å². The van der Waals surface area contributed by atoms with Crippen molar-refractivity contribution >= 4 is 0 Å². The first-order valence-corrected chi connectivity index (χ1v) is 7.66. The highest BCUT2D eigenvalue weighted by Gasteiger charge is 2.48. The molecule has 1 aromatic carbocycles. The zero-order chi connectivity index (χ0) is 11.9. The van der Waals surface area contributed by atoms with E-state index in [-0.39, 0.29) is 0 Å². The van der Waals surface area contributed by atoms with Gasteiger partial charge < -0.3 is 5.32 Å². The van der Waals surface area contributed by atoms with Crippen LogP contribution in [0.1, 0.15) is 37.7 Å². The lowest BCUT2D eigenvalue weighted by Gasteiger charge is -2.40. The van der Waals surface area contributed by atoms with E-state index in [1.54, 1.807) is 12.8 Å². The average Bonchev–Trinajstić information content (AvgIpc) is 2.63. The molecule has 0 unspecified atom stereocenters. The standard InChI is InChI=1S/C17H23N/c1-2-4-12(5-3-1)11-18-17-10-14-6-13-7-15(8-14)16(17)9-13/h1-5,13-18H,6-11H2/t13-,14+,15-,16-,17+/m1/s1. The number of nitrogens with one attached hydrogen (secondary N) is 1. The third-order valence-corrected chi connectivity index (χ3v) is 5.67. The van der Waals surface area contributed by atoms with Gasteiger partial charge in [0.1, 0.15) is 0 Å². The van der Waals surface area contributed by atoms with Crippen LogP contribution >= 0.6 is 0 Å². The van der Waals surface area contributed by atoms with Gasteiger partial charge in [-0.3, -0.25) is 0 Å². The molecule has 0 aromatic heterocycles. The molecule has 18 heavy (non-hydrogen) atoms. The molecule has 0 radical (unpaired) electrons. The lowest BCUT2D eigenvalue weighted by atomic mass is 9.70. The fraction of sp³-hybridized carbons (Fsp3) is 0.647. The summed E-state index contributed by atoms with van der Waals surface area (Å²) < 4.78 is 0. The first-order valence-electron chi connectivity index (χ1n) is 7.66. The predicted molar refractivity (Wildman–Crippen MR) is 74.1 cm³/mol. The van der Waals surface area contributed by atoms with Gasteiger partial charge in [-0.2, -0.15) is 0 Å². The van der Waals surface area contributed by atoms with Gasteiger partial charge in [0, 0.05) is 12.6 Å². The molecule has 5 atom stereocenters. The Labute approximate surface area is 110 Å². The number of benzene rings is 1. The van der Waals surface area contributed by atoms with Crippen molar-refractivity contribution in [3.05, 3.63) is 35.9 Å². The lowest BCUT2D eigenvalue weighted by Crippen LogP contribution is -2.42. The molecule has 3 fully saturated rings. The highest BCUT2D eigenvalue weighted by atomic mass is 14.9. The molecule has 0 spiro atoms. The van der Waals surface area contributed by atoms with Crippen LogP contribution in [0.5, 0.6) is 0 Å². The Morgan fingerprint density at radius 3 is 2.50 bits per heavy atom. The van der Waals surface area contributed by atoms with Gasteiger partial charge in [0.25, 0.3) is 0 Å². The minimum atomic E-state index is 0.807. The average molecular weight is 241 g/mol. The maximum atomic E-state index is 3.87. The number of fused-ring (bicyclic) bond motifs is 2. The maximum absolute atomic E-state index is 3.87. The molecule has 0 aliphatic heterocycles. The molecule has 0 heterocycles. The summed E-state index contributed by atoms with van der Waals surface area (Å²) in [6, 6.07) is 11.7. The first kappa shape index (κ1) is 11.0. The lowest BCUT2D eigenvalue weighted by molar-refractivity contribution is 0.136. The number of rotatable bonds is 3. The topological polar surface area (TPSA) is 12.0 Å². The van der Waals surface area contributed by atoms with E-state index >= 15 is 0 Å². The Hall–Kier alpha value is -0.820. The van der Waals surface area contributed by atoms with Gasteiger partial charge in [0.05, 0.1) is 0 Å². The summed E-state index contributed by atoms with van der Waals surface area (Å²) in [5, 5.41) is 3.87. The van der Waals surface area contributed by atoms with E-state index in [9.17, 15) is 0 Å². The summed E-state index contributed by atoms with van der Waals surface area (Å²) in [5.74, 6) is 4.19. The van der Waals surface area contributed by atoms with Crippen LogP contribution in [0, 0.1) is 23.7 Å². The highest BCUT2D eigenvalue weighted by molar-refractivity contribution is 5.14. The van der Waals surface area contributed by atoms with Crippen molar-refractivity contribution in [1.82, 2.24) is 5.32 Å². The fourth-order valence-electron chi connectivity index (χ4n) is 5.03. The minimum absolute atomic E-state index is 0.807. The predicted octanol–water partition coefficient (Wildman–Crippen LogP) is 3.60. The zero-order valence-corrected chi connectivity index (χ0v) is 11.0. The van der Waals surface area contributed by atoms with Crippen molar-refractivity contribution in [3.8, 4) is 0 Å². The summed E-state index contributed by atoms with van der Waals surface area (Å²) in [6.07, 6.45) is 7.60. The van der Waals surface area contributed by atoms with E-state index in [4.69, 9.17) is 0 Å². The van der Waals surface area contributed by atoms with Gasteiger partial charge >= 0.3 is 0 Å². The number of hydrogen-bond donors (Lipinski definition) is 1. The normalized spacial score (nSPS) is 41.2. The second kappa shape index (κ2) is 4.38. The van der Waals surface area contributed by atoms with Gasteiger partial charge in [-0.05, 0) is 61.3 Å². The van der Waals surface area contributed by atoms with Crippen molar-refractivity contribution in [2.24, 2.45) is 23.7 Å². The molecule has 1 N–H and O–H groups in total. The minimum Gasteiger partial charge on any atom is -0.310 e. The van der Waals surface area contributed by atoms with Crippen molar-refractivity contribution < 1.29 is 0 Å². The quantitative estimate of drug-likeness (QED) is 0.852. The van der Waals surface area contributed by atoms with Crippen LogP contribution in [-0.2, 0) is 6.54 Å². The SMILES string of the molecule is c1ccc(CN[C@H]2C[C@H]3C[C@@H]4C[C@H](C3)[C@H]2C4)cc1. The van der Waals surface area contributed by atoms with Crippen molar-refractivity contribution in [2.75, 3.05) is 0 Å². The van der Waals surface area contributed by atoms with Crippen LogP contribution in [-0.4, -0.2) is 6.04 Å². The Bertz CT molecular complexity index is 411. The van der Waals surface area contributed by atoms with E-state index in [1.165, 1.54) is 24.8 Å². The molecule has 1 heteroatoms. The molecular formula is C17H23N. The third kappa shape index (κ3) is 1.89. The molecular weight excluding hydrogens is 218 g/mol. The van der Waals surface area contributed by atoms with Crippen molar-refractivity contribution in [3.63, 3.8) is 0 Å². The summed E-state index contributed by atoms with van der Waals surface area (Å²) >= 11 is 0. The maximum Gasteiger partial charge on any atom is 0.0208 e. The largest absolute Gasteiger partial charge is 0.310 e. The molecule has 3 aliphatic rings. The Morgan fingerprint density at radius 2 is 1.67 bits per heavy atom. The molecule has 0 amide bonds. The van der Waals surface area contributed by atoms with E-state index in [1.807, 2.05) is 0 Å². The summed E-state index contributed by atoms with van der Waals surface area (Å²) in [5.41, 5.74) is 1.44. The Morgan fingerprint density at radius 1 is 0.889 bits per heavy atom. The third-order valence-electron chi connectivity index (χ3n) is 5.67. The van der Waals surface area contributed by atoms with Crippen molar-refractivity contribution in [2.45, 2.75) is 44.7 Å². The number of hydrogen-bond acceptors (Lipinski definition) is 1. The van der Waals surface area contributed by atoms with Gasteiger partial charge in [-0.1, -0.05) is 30.3 Å². The molecule has 3 bridgehead atoms. The monoisotopic (exact) mass is 241 g/mol. The molecule has 3 saturated carbocycles. The first-order chi connectivity index (χ1) is 8.88. The van der Waals surface area contributed by atoms with Crippen LogP contribution < -0.4 is 5.32 Å². The Balaban J connectivity index is 1.43. The molecule has 96 valence electrons. The van der Waals surface area contributed by atoms with Gasteiger partial charge in [-0.25, -0.2) is 0 Å². The molecule has 1 aromatic rings. The molecule has 0 saturated heterocycles. The van der Waals surface area contributed by atoms with E-state index in [0.717, 1.165) is 36.3 Å². The highest BCUT2D eigenvalue weighted by Crippen LogP contribution is 2.55. The second-order valence-electron chi connectivity index (χ2n) is 6.81. The second-order valence-corrected chi connectivity index (χ2v) is 6.81. The van der Waals surface area contributed by atoms with Gasteiger partial charge in [-0.15, -0.1) is 0 Å². The van der Waals surface area contributed by atoms with E-state index < -0.39 is 0 Å². The summed E-state index contributed by atoms with van der Waals surface area (Å²) in [7, 11) is 0. The molecule has 1 nitrogen and oxygen atoms in total. The van der Waals surface area contributed by atoms with Crippen LogP contribution in [0.3, 0.4) is 0 Å². The van der Waals surface area contributed by atoms with Crippen LogP contribution in [0.15, 0.2) is 30.3 Å². The Kier molecular flexibility index (Phi) is 2.69. The molecule has 4 rings (SSSR count).